The Kier molecular flexibility index (Phi) is 8.84. The molecule has 0 N–H and O–H groups in total. The van der Waals surface area contributed by atoms with Crippen LogP contribution < -0.4 is 4.90 Å². The molecule has 2 aliphatic rings. The maximum Gasteiger partial charge on any atom is 0.410 e. The zero-order chi connectivity index (χ0) is 27.5. The number of carbonyl (C=O) groups excluding carboxylic acids is 1. The van der Waals surface area contributed by atoms with E-state index < -0.39 is 13.7 Å². The van der Waals surface area contributed by atoms with Crippen LogP contribution in [-0.2, 0) is 20.9 Å². The van der Waals surface area contributed by atoms with E-state index in [0.29, 0.717) is 19.9 Å². The number of ether oxygens (including phenoxy) is 3. The summed E-state index contributed by atoms with van der Waals surface area (Å²) in [5.74, 6) is 0. The van der Waals surface area contributed by atoms with Crippen molar-refractivity contribution in [3.8, 4) is 0 Å². The van der Waals surface area contributed by atoms with Gasteiger partial charge in [-0.3, -0.25) is 0 Å². The van der Waals surface area contributed by atoms with Crippen molar-refractivity contribution in [1.82, 2.24) is 19.4 Å². The molecule has 1 unspecified atom stereocenters. The van der Waals surface area contributed by atoms with E-state index in [2.05, 4.69) is 41.4 Å². The Hall–Kier alpha value is -2.43. The van der Waals surface area contributed by atoms with Crippen LogP contribution in [0.2, 0.25) is 25.7 Å². The van der Waals surface area contributed by atoms with Gasteiger partial charge in [-0.25, -0.2) is 14.8 Å². The summed E-state index contributed by atoms with van der Waals surface area (Å²) < 4.78 is 19.3. The van der Waals surface area contributed by atoms with Crippen molar-refractivity contribution in [2.45, 2.75) is 84.1 Å². The summed E-state index contributed by atoms with van der Waals surface area (Å²) in [6, 6.07) is 1.25. The van der Waals surface area contributed by atoms with Crippen LogP contribution in [0.3, 0.4) is 0 Å². The predicted molar refractivity (Wildman–Crippen MR) is 154 cm³/mol. The molecule has 38 heavy (non-hydrogen) atoms. The van der Waals surface area contributed by atoms with Crippen LogP contribution in [0.5, 0.6) is 0 Å². The molecular weight excluding hydrogens is 498 g/mol. The fourth-order valence-electron chi connectivity index (χ4n) is 4.75. The Morgan fingerprint density at radius 3 is 2.61 bits per heavy atom. The Morgan fingerprint density at radius 1 is 1.24 bits per heavy atom. The van der Waals surface area contributed by atoms with Crippen LogP contribution in [0.15, 0.2) is 18.5 Å². The maximum absolute atomic E-state index is 12.5. The lowest BCUT2D eigenvalue weighted by Gasteiger charge is -2.32. The highest BCUT2D eigenvalue weighted by Gasteiger charge is 2.28. The molecule has 3 heterocycles. The minimum absolute atomic E-state index is 0.114. The Bertz CT molecular complexity index is 1140. The normalized spacial score (nSPS) is 19.0. The van der Waals surface area contributed by atoms with Gasteiger partial charge in [0.05, 0.1) is 30.8 Å². The van der Waals surface area contributed by atoms with Gasteiger partial charge in [-0.2, -0.15) is 0 Å². The summed E-state index contributed by atoms with van der Waals surface area (Å²) in [5, 5.41) is 0. The third-order valence-electron chi connectivity index (χ3n) is 7.07. The molecule has 1 amide bonds. The van der Waals surface area contributed by atoms with Crippen molar-refractivity contribution in [2.24, 2.45) is 0 Å². The highest BCUT2D eigenvalue weighted by atomic mass is 28.3. The number of amides is 1. The fraction of sp³-hybridized carbons (Fsp3) is 0.679. The number of carbonyl (C=O) groups is 1. The largest absolute Gasteiger partial charge is 0.444 e. The van der Waals surface area contributed by atoms with Gasteiger partial charge in [0.15, 0.2) is 5.65 Å². The first kappa shape index (κ1) is 28.6. The molecule has 1 aliphatic heterocycles. The summed E-state index contributed by atoms with van der Waals surface area (Å²) in [6.07, 6.45) is 8.42. The second-order valence-electron chi connectivity index (χ2n) is 12.6. The van der Waals surface area contributed by atoms with Crippen molar-refractivity contribution < 1.29 is 19.0 Å². The zero-order valence-electron chi connectivity index (χ0n) is 24.2. The fourth-order valence-corrected chi connectivity index (χ4v) is 5.51. The third-order valence-corrected chi connectivity index (χ3v) is 8.77. The standard InChI is InChI=1S/C28H45N5O4Si/c1-28(2,3)37-27(34)31(4)22-10-8-21(9-11-22)23-18-29-26-25(30-23)24(32-12-14-35-15-13-32)19-33(26)20-36-16-17-38(5,6)7/h8,18-19,22H,9-17,20H2,1-7H3. The second kappa shape index (κ2) is 11.8. The van der Waals surface area contributed by atoms with E-state index >= 15 is 0 Å². The van der Waals surface area contributed by atoms with Crippen LogP contribution in [0.1, 0.15) is 45.7 Å². The molecule has 0 saturated carbocycles. The van der Waals surface area contributed by atoms with Gasteiger partial charge < -0.3 is 28.6 Å². The Balaban J connectivity index is 1.52. The van der Waals surface area contributed by atoms with E-state index in [1.54, 1.807) is 4.90 Å². The number of aromatic nitrogens is 3. The third kappa shape index (κ3) is 7.36. The molecule has 0 spiro atoms. The Morgan fingerprint density at radius 2 is 1.97 bits per heavy atom. The summed E-state index contributed by atoms with van der Waals surface area (Å²) in [6.45, 7) is 17.1. The summed E-state index contributed by atoms with van der Waals surface area (Å²) >= 11 is 0. The number of allylic oxidation sites excluding steroid dienone is 1. The first-order valence-electron chi connectivity index (χ1n) is 13.8. The molecule has 9 nitrogen and oxygen atoms in total. The Labute approximate surface area is 228 Å². The highest BCUT2D eigenvalue weighted by Crippen LogP contribution is 2.32. The molecular formula is C28H45N5O4Si. The molecule has 0 radical (unpaired) electrons. The van der Waals surface area contributed by atoms with Gasteiger partial charge in [0.1, 0.15) is 17.8 Å². The number of hydrogen-bond donors (Lipinski definition) is 0. The van der Waals surface area contributed by atoms with E-state index in [0.717, 1.165) is 67.5 Å². The van der Waals surface area contributed by atoms with Gasteiger partial charge in [0.2, 0.25) is 0 Å². The van der Waals surface area contributed by atoms with Gasteiger partial charge in [0.25, 0.3) is 0 Å². The SMILES string of the molecule is CN(C(=O)OC(C)(C)C)C1CC=C(c2cnc3c(n2)c(N2CCOCC2)cn3COCC[Si](C)(C)C)CC1. The summed E-state index contributed by atoms with van der Waals surface area (Å²) in [4.78, 5) is 26.6. The summed E-state index contributed by atoms with van der Waals surface area (Å²) in [7, 11) is 0.680. The van der Waals surface area contributed by atoms with E-state index in [9.17, 15) is 4.79 Å². The number of hydrogen-bond acceptors (Lipinski definition) is 7. The summed E-state index contributed by atoms with van der Waals surface area (Å²) in [5.41, 5.74) is 4.43. The van der Waals surface area contributed by atoms with Crippen LogP contribution in [-0.4, -0.2) is 85.2 Å². The van der Waals surface area contributed by atoms with Crippen LogP contribution >= 0.6 is 0 Å². The molecule has 1 fully saturated rings. The van der Waals surface area contributed by atoms with Crippen molar-refractivity contribution in [3.05, 3.63) is 24.2 Å². The first-order valence-corrected chi connectivity index (χ1v) is 17.5. The first-order chi connectivity index (χ1) is 17.9. The lowest BCUT2D eigenvalue weighted by molar-refractivity contribution is 0.0215. The lowest BCUT2D eigenvalue weighted by Crippen LogP contribution is -2.41. The van der Waals surface area contributed by atoms with E-state index in [4.69, 9.17) is 24.2 Å². The number of anilines is 1. The van der Waals surface area contributed by atoms with Crippen LogP contribution in [0.25, 0.3) is 16.7 Å². The molecule has 0 bridgehead atoms. The maximum atomic E-state index is 12.5. The monoisotopic (exact) mass is 543 g/mol. The molecule has 1 atom stereocenters. The van der Waals surface area contributed by atoms with Crippen molar-refractivity contribution in [3.63, 3.8) is 0 Å². The molecule has 1 saturated heterocycles. The van der Waals surface area contributed by atoms with Crippen molar-refractivity contribution in [1.29, 1.82) is 0 Å². The van der Waals surface area contributed by atoms with Crippen molar-refractivity contribution in [2.75, 3.05) is 44.9 Å². The lowest BCUT2D eigenvalue weighted by atomic mass is 9.93. The minimum atomic E-state index is -1.15. The topological polar surface area (TPSA) is 82.0 Å². The number of morpholine rings is 1. The second-order valence-corrected chi connectivity index (χ2v) is 18.2. The number of nitrogens with zero attached hydrogens (tertiary/aromatic N) is 5. The van der Waals surface area contributed by atoms with Gasteiger partial charge in [-0.05, 0) is 51.7 Å². The van der Waals surface area contributed by atoms with Crippen LogP contribution in [0.4, 0.5) is 10.5 Å². The smallest absolute Gasteiger partial charge is 0.410 e. The molecule has 1 aliphatic carbocycles. The minimum Gasteiger partial charge on any atom is -0.444 e. The zero-order valence-corrected chi connectivity index (χ0v) is 25.2. The van der Waals surface area contributed by atoms with E-state index in [1.165, 1.54) is 5.57 Å². The van der Waals surface area contributed by atoms with Gasteiger partial charge in [-0.1, -0.05) is 25.7 Å². The van der Waals surface area contributed by atoms with Crippen molar-refractivity contribution >= 4 is 36.6 Å². The molecule has 0 aromatic carbocycles. The van der Waals surface area contributed by atoms with E-state index in [-0.39, 0.29) is 12.1 Å². The molecule has 210 valence electrons. The quantitative estimate of drug-likeness (QED) is 0.326. The average molecular weight is 544 g/mol. The average Bonchev–Trinajstić information content (AvgIpc) is 3.23. The molecule has 4 rings (SSSR count). The van der Waals surface area contributed by atoms with Gasteiger partial charge in [-0.15, -0.1) is 0 Å². The molecule has 2 aromatic rings. The highest BCUT2D eigenvalue weighted by molar-refractivity contribution is 6.76. The predicted octanol–water partition coefficient (Wildman–Crippen LogP) is 5.38. The van der Waals surface area contributed by atoms with E-state index in [1.807, 2.05) is 34.0 Å². The van der Waals surface area contributed by atoms with Crippen LogP contribution in [0, 0.1) is 0 Å². The number of fused-ring (bicyclic) bond motifs is 1. The molecule has 2 aromatic heterocycles. The number of rotatable bonds is 8. The van der Waals surface area contributed by atoms with Gasteiger partial charge in [0, 0.05) is 47.1 Å². The van der Waals surface area contributed by atoms with Gasteiger partial charge >= 0.3 is 6.09 Å². The molecule has 10 heteroatoms.